The van der Waals surface area contributed by atoms with E-state index >= 15 is 0 Å². The van der Waals surface area contributed by atoms with E-state index in [1.165, 1.54) is 64.8 Å². The van der Waals surface area contributed by atoms with E-state index in [-0.39, 0.29) is 24.4 Å². The van der Waals surface area contributed by atoms with Crippen molar-refractivity contribution in [1.82, 2.24) is 25.1 Å². The Hall–Kier alpha value is -4.80. The SMILES string of the molecule is CCCCC(c1ccc(C(F)(F)F)c(C(=O)N2Cc3nccnc3C2)c1)N1C(=O)C(c2ccc(F)cc2)NC1=BOC#N. The van der Waals surface area contributed by atoms with Crippen LogP contribution in [0.4, 0.5) is 17.6 Å². The number of carbonyl (C=O) groups excluding carboxylic acids is 2. The summed E-state index contributed by atoms with van der Waals surface area (Å²) in [5, 5.41) is 12.0. The molecular weight excluding hydrogens is 567 g/mol. The van der Waals surface area contributed by atoms with Crippen LogP contribution in [0.1, 0.15) is 76.7 Å². The Labute approximate surface area is 245 Å². The van der Waals surface area contributed by atoms with Gasteiger partial charge in [0.05, 0.1) is 0 Å². The molecule has 2 amide bonds. The van der Waals surface area contributed by atoms with Crippen LogP contribution in [0.25, 0.3) is 0 Å². The van der Waals surface area contributed by atoms with Crippen LogP contribution in [0.5, 0.6) is 0 Å². The van der Waals surface area contributed by atoms with Crippen molar-refractivity contribution in [2.45, 2.75) is 57.5 Å². The summed E-state index contributed by atoms with van der Waals surface area (Å²) in [4.78, 5) is 38.4. The third kappa shape index (κ3) is 6.06. The number of amides is 2. The van der Waals surface area contributed by atoms with Crippen LogP contribution in [0.3, 0.4) is 0 Å². The normalized spacial score (nSPS) is 17.7. The van der Waals surface area contributed by atoms with Gasteiger partial charge in [-0.25, -0.2) is 0 Å². The molecule has 5 rings (SSSR count). The molecule has 1 saturated heterocycles. The van der Waals surface area contributed by atoms with Gasteiger partial charge in [0.15, 0.2) is 0 Å². The van der Waals surface area contributed by atoms with Crippen LogP contribution in [-0.4, -0.2) is 44.4 Å². The van der Waals surface area contributed by atoms with Gasteiger partial charge in [0, 0.05) is 0 Å². The summed E-state index contributed by atoms with van der Waals surface area (Å²) in [6, 6.07) is 6.75. The van der Waals surface area contributed by atoms with E-state index in [0.29, 0.717) is 36.2 Å². The van der Waals surface area contributed by atoms with Gasteiger partial charge in [-0.2, -0.15) is 0 Å². The molecule has 0 radical (unpaired) electrons. The molecule has 9 nitrogen and oxygen atoms in total. The molecule has 2 unspecified atom stereocenters. The molecule has 2 aliphatic heterocycles. The fraction of sp³-hybridized carbons (Fsp3) is 0.310. The Morgan fingerprint density at radius 1 is 1.16 bits per heavy atom. The third-order valence-electron chi connectivity index (χ3n) is 7.40. The van der Waals surface area contributed by atoms with E-state index < -0.39 is 47.0 Å². The van der Waals surface area contributed by atoms with E-state index in [1.807, 2.05) is 6.92 Å². The minimum absolute atomic E-state index is 0.00899. The van der Waals surface area contributed by atoms with Crippen molar-refractivity contribution >= 4 is 24.6 Å². The number of alkyl halides is 3. The molecule has 3 heterocycles. The summed E-state index contributed by atoms with van der Waals surface area (Å²) in [7, 11) is 1.04. The number of hydrogen-bond acceptors (Lipinski definition) is 7. The molecule has 0 saturated carbocycles. The molecule has 1 fully saturated rings. The number of aromatic nitrogens is 2. The van der Waals surface area contributed by atoms with Gasteiger partial charge >= 0.3 is 245 Å². The Bertz CT molecular complexity index is 1580. The number of unbranched alkanes of at least 4 members (excludes halogenated alkanes) is 1. The monoisotopic (exact) mass is 592 g/mol. The molecule has 220 valence electrons. The summed E-state index contributed by atoms with van der Waals surface area (Å²) >= 11 is 0. The maximum atomic E-state index is 14.2. The first-order valence-electron chi connectivity index (χ1n) is 13.5. The first kappa shape index (κ1) is 29.7. The van der Waals surface area contributed by atoms with Crippen LogP contribution >= 0.6 is 0 Å². The zero-order valence-corrected chi connectivity index (χ0v) is 22.9. The third-order valence-corrected chi connectivity index (χ3v) is 7.40. The number of carbonyl (C=O) groups is 2. The van der Waals surface area contributed by atoms with Gasteiger partial charge in [0.2, 0.25) is 0 Å². The van der Waals surface area contributed by atoms with Gasteiger partial charge in [-0.05, 0) is 0 Å². The molecule has 2 aliphatic rings. The zero-order valence-electron chi connectivity index (χ0n) is 22.9. The van der Waals surface area contributed by atoms with Crippen LogP contribution < -0.4 is 5.32 Å². The Balaban J connectivity index is 1.56. The maximum absolute atomic E-state index is 14.2. The predicted octanol–water partition coefficient (Wildman–Crippen LogP) is 4.40. The summed E-state index contributed by atoms with van der Waals surface area (Å²) in [6.07, 6.45) is 1.22. The van der Waals surface area contributed by atoms with Crippen molar-refractivity contribution in [3.8, 4) is 6.26 Å². The van der Waals surface area contributed by atoms with Crippen LogP contribution in [-0.2, 0) is 28.7 Å². The molecule has 1 aromatic heterocycles. The Kier molecular flexibility index (Phi) is 8.43. The van der Waals surface area contributed by atoms with Crippen molar-refractivity contribution < 1.29 is 31.8 Å². The molecule has 0 spiro atoms. The van der Waals surface area contributed by atoms with Gasteiger partial charge in [0.1, 0.15) is 0 Å². The van der Waals surface area contributed by atoms with Crippen molar-refractivity contribution in [2.75, 3.05) is 0 Å². The summed E-state index contributed by atoms with van der Waals surface area (Å²) in [5.74, 6) is -1.83. The van der Waals surface area contributed by atoms with Gasteiger partial charge in [-0.3, -0.25) is 0 Å². The quantitative estimate of drug-likeness (QED) is 0.235. The number of benzene rings is 2. The van der Waals surface area contributed by atoms with E-state index in [1.54, 1.807) is 0 Å². The summed E-state index contributed by atoms with van der Waals surface area (Å²) in [6.45, 7) is 1.94. The van der Waals surface area contributed by atoms with Crippen molar-refractivity contribution in [3.63, 3.8) is 0 Å². The molecule has 0 bridgehead atoms. The molecule has 1 N–H and O–H groups in total. The number of hydrogen-bond donors (Lipinski definition) is 1. The average molecular weight is 592 g/mol. The molecule has 14 heteroatoms. The first-order chi connectivity index (χ1) is 20.6. The van der Waals surface area contributed by atoms with E-state index in [2.05, 4.69) is 15.3 Å². The van der Waals surface area contributed by atoms with Crippen LogP contribution in [0.15, 0.2) is 54.9 Å². The molecular formula is C29H25BF4N6O3. The number of rotatable bonds is 8. The molecule has 0 aliphatic carbocycles. The Morgan fingerprint density at radius 2 is 1.84 bits per heavy atom. The van der Waals surface area contributed by atoms with Crippen molar-refractivity contribution in [2.24, 2.45) is 0 Å². The number of nitrogens with zero attached hydrogens (tertiary/aromatic N) is 5. The van der Waals surface area contributed by atoms with Crippen molar-refractivity contribution in [3.05, 3.63) is 94.3 Å². The van der Waals surface area contributed by atoms with Crippen LogP contribution in [0.2, 0.25) is 0 Å². The van der Waals surface area contributed by atoms with Gasteiger partial charge < -0.3 is 0 Å². The fourth-order valence-corrected chi connectivity index (χ4v) is 5.34. The second-order valence-electron chi connectivity index (χ2n) is 10.1. The van der Waals surface area contributed by atoms with Crippen LogP contribution in [0, 0.1) is 17.3 Å². The Morgan fingerprint density at radius 3 is 2.44 bits per heavy atom. The average Bonchev–Trinajstić information content (AvgIpc) is 3.57. The summed E-state index contributed by atoms with van der Waals surface area (Å²) < 4.78 is 60.9. The van der Waals surface area contributed by atoms with E-state index in [4.69, 9.17) is 9.92 Å². The number of nitrogens with one attached hydrogen (secondary N) is 1. The van der Waals surface area contributed by atoms with Gasteiger partial charge in [-0.15, -0.1) is 0 Å². The summed E-state index contributed by atoms with van der Waals surface area (Å²) in [5.41, 5.74) is 0.171. The number of fused-ring (bicyclic) bond motifs is 1. The fourth-order valence-electron chi connectivity index (χ4n) is 5.34. The predicted molar refractivity (Wildman–Crippen MR) is 146 cm³/mol. The van der Waals surface area contributed by atoms with E-state index in [0.717, 1.165) is 13.2 Å². The van der Waals surface area contributed by atoms with Gasteiger partial charge in [0.25, 0.3) is 0 Å². The second kappa shape index (κ2) is 12.2. The topological polar surface area (TPSA) is 111 Å². The first-order valence-corrected chi connectivity index (χ1v) is 13.5. The zero-order chi connectivity index (χ0) is 30.7. The molecule has 3 aromatic rings. The minimum atomic E-state index is -4.82. The van der Waals surface area contributed by atoms with Gasteiger partial charge in [-0.1, -0.05) is 0 Å². The number of nitriles is 1. The standard InChI is InChI=1S/C29H25BF4N6O3/c1-2-3-4-24(40-27(42)25(38-28(40)30-43-16-35)17-5-8-19(31)9-6-17)18-7-10-21(29(32,33)34)20(13-18)26(41)39-14-22-23(15-39)37-12-11-36-22/h5-13,24-25,38H,2-4,14-15H2,1H3. The number of halogens is 4. The molecule has 2 atom stereocenters. The molecule has 2 aromatic carbocycles. The van der Waals surface area contributed by atoms with Crippen molar-refractivity contribution in [1.29, 1.82) is 5.26 Å². The molecule has 43 heavy (non-hydrogen) atoms. The van der Waals surface area contributed by atoms with E-state index in [9.17, 15) is 27.2 Å². The second-order valence-corrected chi connectivity index (χ2v) is 10.1.